The summed E-state index contributed by atoms with van der Waals surface area (Å²) in [5.41, 5.74) is 5.86. The second kappa shape index (κ2) is 5.89. The molecule has 0 N–H and O–H groups in total. The predicted octanol–water partition coefficient (Wildman–Crippen LogP) is 4.08. The van der Waals surface area contributed by atoms with Crippen molar-refractivity contribution < 1.29 is 0 Å². The smallest absolute Gasteiger partial charge is 0.263 e. The van der Waals surface area contributed by atoms with Gasteiger partial charge in [-0.05, 0) is 37.5 Å². The Morgan fingerprint density at radius 2 is 1.86 bits per heavy atom. The van der Waals surface area contributed by atoms with Crippen molar-refractivity contribution in [2.24, 2.45) is 0 Å². The van der Waals surface area contributed by atoms with Crippen LogP contribution in [0.3, 0.4) is 0 Å². The Balaban J connectivity index is 1.96. The number of hydrogen-bond acceptors (Lipinski definition) is 3. The first-order valence-corrected chi connectivity index (χ1v) is 9.68. The van der Waals surface area contributed by atoms with Gasteiger partial charge in [-0.25, -0.2) is 4.57 Å². The number of aryl methyl sites for hydroxylation is 1. The third-order valence-corrected chi connectivity index (χ3v) is 6.15. The molecule has 2 aromatic carbocycles. The highest BCUT2D eigenvalue weighted by molar-refractivity contribution is 5.74. The van der Waals surface area contributed by atoms with Gasteiger partial charge in [0.05, 0.1) is 11.4 Å². The van der Waals surface area contributed by atoms with Crippen molar-refractivity contribution in [2.75, 3.05) is 0 Å². The van der Waals surface area contributed by atoms with Gasteiger partial charge in [-0.2, -0.15) is 0 Å². The third-order valence-electron chi connectivity index (χ3n) is 6.15. The summed E-state index contributed by atoms with van der Waals surface area (Å²) in [6, 6.07) is 16.3. The first kappa shape index (κ1) is 16.9. The molecule has 1 aliphatic carbocycles. The normalized spacial score (nSPS) is 18.1. The van der Waals surface area contributed by atoms with Gasteiger partial charge >= 0.3 is 0 Å². The van der Waals surface area contributed by atoms with E-state index >= 15 is 0 Å². The predicted molar refractivity (Wildman–Crippen MR) is 110 cm³/mol. The van der Waals surface area contributed by atoms with E-state index in [2.05, 4.69) is 42.2 Å². The Bertz CT molecular complexity index is 1270. The van der Waals surface area contributed by atoms with Crippen molar-refractivity contribution in [2.45, 2.75) is 39.0 Å². The molecule has 5 nitrogen and oxygen atoms in total. The molecule has 2 heterocycles. The minimum Gasteiger partial charge on any atom is -0.268 e. The highest BCUT2D eigenvalue weighted by atomic mass is 16.1. The van der Waals surface area contributed by atoms with Gasteiger partial charge in [-0.3, -0.25) is 9.20 Å². The average Bonchev–Trinajstić information content (AvgIpc) is 3.18. The maximum atomic E-state index is 13.9. The molecule has 0 saturated carbocycles. The van der Waals surface area contributed by atoms with Crippen LogP contribution < -0.4 is 5.56 Å². The minimum atomic E-state index is -0.244. The van der Waals surface area contributed by atoms with E-state index in [0.29, 0.717) is 5.78 Å². The SMILES string of the molecule is CC[C@@]1(C)Cc2ccccc2-c2c1c(=O)n(-c1ccc(C)cc1)c1nncn21. The number of benzene rings is 2. The first-order valence-electron chi connectivity index (χ1n) is 9.68. The quantitative estimate of drug-likeness (QED) is 0.534. The molecule has 0 spiro atoms. The van der Waals surface area contributed by atoms with Crippen LogP contribution in [0.5, 0.6) is 0 Å². The molecule has 0 fully saturated rings. The summed E-state index contributed by atoms with van der Waals surface area (Å²) >= 11 is 0. The van der Waals surface area contributed by atoms with Crippen molar-refractivity contribution in [3.05, 3.63) is 81.9 Å². The molecule has 0 radical (unpaired) electrons. The lowest BCUT2D eigenvalue weighted by Gasteiger charge is -2.36. The fourth-order valence-corrected chi connectivity index (χ4v) is 4.41. The Kier molecular flexibility index (Phi) is 3.56. The summed E-state index contributed by atoms with van der Waals surface area (Å²) in [6.45, 7) is 6.39. The molecule has 0 saturated heterocycles. The van der Waals surface area contributed by atoms with Crippen LogP contribution in [0.4, 0.5) is 0 Å². The van der Waals surface area contributed by atoms with Gasteiger partial charge in [0, 0.05) is 16.5 Å². The summed E-state index contributed by atoms with van der Waals surface area (Å²) in [4.78, 5) is 13.9. The molecule has 0 aliphatic heterocycles. The molecule has 1 atom stereocenters. The third kappa shape index (κ3) is 2.22. The minimum absolute atomic E-state index is 0.00166. The lowest BCUT2D eigenvalue weighted by Crippen LogP contribution is -2.39. The maximum absolute atomic E-state index is 13.9. The molecule has 0 amide bonds. The lowest BCUT2D eigenvalue weighted by molar-refractivity contribution is 0.438. The van der Waals surface area contributed by atoms with E-state index in [1.807, 2.05) is 41.7 Å². The monoisotopic (exact) mass is 370 g/mol. The largest absolute Gasteiger partial charge is 0.268 e. The van der Waals surface area contributed by atoms with Gasteiger partial charge in [-0.15, -0.1) is 10.2 Å². The fourth-order valence-electron chi connectivity index (χ4n) is 4.41. The highest BCUT2D eigenvalue weighted by Gasteiger charge is 2.38. The summed E-state index contributed by atoms with van der Waals surface area (Å²) in [6.07, 6.45) is 3.45. The van der Waals surface area contributed by atoms with Crippen molar-refractivity contribution in [1.82, 2.24) is 19.2 Å². The van der Waals surface area contributed by atoms with Crippen LogP contribution in [0.15, 0.2) is 59.7 Å². The van der Waals surface area contributed by atoms with Gasteiger partial charge < -0.3 is 0 Å². The number of hydrogen-bond donors (Lipinski definition) is 0. The lowest BCUT2D eigenvalue weighted by atomic mass is 9.69. The molecule has 28 heavy (non-hydrogen) atoms. The van der Waals surface area contributed by atoms with E-state index in [1.54, 1.807) is 10.9 Å². The topological polar surface area (TPSA) is 52.2 Å². The van der Waals surface area contributed by atoms with E-state index in [9.17, 15) is 4.79 Å². The fraction of sp³-hybridized carbons (Fsp3) is 0.261. The zero-order chi connectivity index (χ0) is 19.5. The zero-order valence-electron chi connectivity index (χ0n) is 16.3. The molecule has 0 unspecified atom stereocenters. The Morgan fingerprint density at radius 1 is 1.11 bits per heavy atom. The van der Waals surface area contributed by atoms with Crippen molar-refractivity contribution in [1.29, 1.82) is 0 Å². The van der Waals surface area contributed by atoms with E-state index in [0.717, 1.165) is 40.9 Å². The van der Waals surface area contributed by atoms with Crippen molar-refractivity contribution >= 4 is 5.78 Å². The zero-order valence-corrected chi connectivity index (χ0v) is 16.3. The van der Waals surface area contributed by atoms with Crippen molar-refractivity contribution in [3.8, 4) is 16.9 Å². The average molecular weight is 370 g/mol. The van der Waals surface area contributed by atoms with Gasteiger partial charge in [0.25, 0.3) is 5.56 Å². The standard InChI is InChI=1S/C23H22N4O/c1-4-23(3)13-16-7-5-6-8-18(16)20-19(23)21(28)27(22-25-24-14-26(20)22)17-11-9-15(2)10-12-17/h5-12,14H,4,13H2,1-3H3/t23-/m0/s1. The summed E-state index contributed by atoms with van der Waals surface area (Å²) in [5, 5.41) is 8.46. The summed E-state index contributed by atoms with van der Waals surface area (Å²) in [5.74, 6) is 0.544. The maximum Gasteiger partial charge on any atom is 0.263 e. The molecule has 2 aromatic heterocycles. The second-order valence-electron chi connectivity index (χ2n) is 7.95. The van der Waals surface area contributed by atoms with E-state index in [4.69, 9.17) is 0 Å². The molecule has 5 rings (SSSR count). The number of rotatable bonds is 2. The Hall–Kier alpha value is -3.21. The Labute approximate surface area is 163 Å². The van der Waals surface area contributed by atoms with Crippen LogP contribution in [0.1, 0.15) is 37.0 Å². The number of nitrogens with zero attached hydrogens (tertiary/aromatic N) is 4. The van der Waals surface area contributed by atoms with Crippen LogP contribution in [0, 0.1) is 6.92 Å². The molecule has 0 bridgehead atoms. The Morgan fingerprint density at radius 3 is 2.61 bits per heavy atom. The molecule has 5 heteroatoms. The van der Waals surface area contributed by atoms with Crippen LogP contribution in [-0.4, -0.2) is 19.2 Å². The molecule has 1 aliphatic rings. The van der Waals surface area contributed by atoms with Gasteiger partial charge in [0.15, 0.2) is 0 Å². The summed E-state index contributed by atoms with van der Waals surface area (Å²) in [7, 11) is 0. The second-order valence-corrected chi connectivity index (χ2v) is 7.95. The van der Waals surface area contributed by atoms with Crippen LogP contribution >= 0.6 is 0 Å². The van der Waals surface area contributed by atoms with Crippen LogP contribution in [-0.2, 0) is 11.8 Å². The molecule has 140 valence electrons. The number of aromatic nitrogens is 4. The van der Waals surface area contributed by atoms with Gasteiger partial charge in [-0.1, -0.05) is 55.8 Å². The molecule has 4 aromatic rings. The summed E-state index contributed by atoms with van der Waals surface area (Å²) < 4.78 is 3.68. The van der Waals surface area contributed by atoms with E-state index < -0.39 is 0 Å². The number of fused-ring (bicyclic) bond motifs is 5. The van der Waals surface area contributed by atoms with Gasteiger partial charge in [0.1, 0.15) is 6.33 Å². The van der Waals surface area contributed by atoms with Crippen LogP contribution in [0.2, 0.25) is 0 Å². The van der Waals surface area contributed by atoms with E-state index in [1.165, 1.54) is 5.56 Å². The highest BCUT2D eigenvalue weighted by Crippen LogP contribution is 2.43. The van der Waals surface area contributed by atoms with Crippen LogP contribution in [0.25, 0.3) is 22.7 Å². The van der Waals surface area contributed by atoms with Crippen molar-refractivity contribution in [3.63, 3.8) is 0 Å². The molecular formula is C23H22N4O. The van der Waals surface area contributed by atoms with Gasteiger partial charge in [0.2, 0.25) is 5.78 Å². The van der Waals surface area contributed by atoms with E-state index in [-0.39, 0.29) is 11.0 Å². The first-order chi connectivity index (χ1) is 13.5. The molecular weight excluding hydrogens is 348 g/mol.